The van der Waals surface area contributed by atoms with Crippen LogP contribution in [0.15, 0.2) is 88.7 Å². The highest BCUT2D eigenvalue weighted by Gasteiger charge is 2.26. The summed E-state index contributed by atoms with van der Waals surface area (Å²) < 4.78 is 5.55. The van der Waals surface area contributed by atoms with Crippen molar-refractivity contribution in [1.82, 2.24) is 9.80 Å². The number of hydrogen-bond acceptors (Lipinski definition) is 6. The van der Waals surface area contributed by atoms with E-state index in [0.29, 0.717) is 12.4 Å². The molecule has 2 aliphatic rings. The van der Waals surface area contributed by atoms with E-state index in [1.807, 2.05) is 43.3 Å². The van der Waals surface area contributed by atoms with Crippen LogP contribution in [0.1, 0.15) is 32.8 Å². The molecule has 2 aromatic rings. The van der Waals surface area contributed by atoms with Gasteiger partial charge in [0.25, 0.3) is 5.91 Å². The molecule has 4 rings (SSSR count). The van der Waals surface area contributed by atoms with Gasteiger partial charge in [0.2, 0.25) is 0 Å². The Hall–Kier alpha value is -3.84. The molecule has 0 aliphatic carbocycles. The highest BCUT2D eigenvalue weighted by molar-refractivity contribution is 6.15. The molecule has 7 heteroatoms. The van der Waals surface area contributed by atoms with Crippen molar-refractivity contribution >= 4 is 23.1 Å². The molecule has 2 aliphatic heterocycles. The molecule has 1 saturated heterocycles. The Bertz CT molecular complexity index is 1250. The van der Waals surface area contributed by atoms with Crippen LogP contribution in [-0.2, 0) is 11.3 Å². The van der Waals surface area contributed by atoms with Gasteiger partial charge in [0.1, 0.15) is 17.4 Å². The van der Waals surface area contributed by atoms with Crippen molar-refractivity contribution in [3.8, 4) is 5.75 Å². The molecule has 0 saturated carbocycles. The molecule has 38 heavy (non-hydrogen) atoms. The van der Waals surface area contributed by atoms with Crippen LogP contribution in [0.3, 0.4) is 0 Å². The van der Waals surface area contributed by atoms with Gasteiger partial charge >= 0.3 is 0 Å². The van der Waals surface area contributed by atoms with Gasteiger partial charge in [-0.2, -0.15) is 0 Å². The summed E-state index contributed by atoms with van der Waals surface area (Å²) in [7, 11) is 3.82. The van der Waals surface area contributed by atoms with Gasteiger partial charge in [-0.05, 0) is 69.3 Å². The zero-order valence-corrected chi connectivity index (χ0v) is 23.2. The monoisotopic (exact) mass is 513 g/mol. The maximum atomic E-state index is 13.1. The van der Waals surface area contributed by atoms with E-state index in [-0.39, 0.29) is 5.91 Å². The second kappa shape index (κ2) is 12.6. The first-order chi connectivity index (χ1) is 18.4. The molecular formula is C31H39N5O2. The number of aliphatic imine (C=N–C) groups is 1. The van der Waals surface area contributed by atoms with Crippen molar-refractivity contribution in [3.63, 3.8) is 0 Å². The number of carbonyl (C=O) groups is 1. The van der Waals surface area contributed by atoms with Gasteiger partial charge in [-0.15, -0.1) is 0 Å². The molecule has 1 N–H and O–H groups in total. The standard InChI is InChI=1S/C31H39N5O2/c1-6-23(3)30(32-26-13-15-27(16-14-26)35-20-18-34(4)19-21-35)33-31-24(7-2)12-17-29(37)36(31)22-25-10-8-9-11-28(25)38-5/h7-17,32H,6,18-22H2,1-5H3/b24-7-,30-23+,33-31+. The number of methoxy groups -OCH3 is 1. The number of amidine groups is 1. The lowest BCUT2D eigenvalue weighted by molar-refractivity contribution is -0.123. The van der Waals surface area contributed by atoms with Gasteiger partial charge in [0.05, 0.1) is 13.7 Å². The maximum absolute atomic E-state index is 13.1. The Labute approximate surface area is 226 Å². The van der Waals surface area contributed by atoms with E-state index >= 15 is 0 Å². The van der Waals surface area contributed by atoms with Gasteiger partial charge in [-0.25, -0.2) is 4.99 Å². The molecule has 1 amide bonds. The van der Waals surface area contributed by atoms with E-state index in [4.69, 9.17) is 9.73 Å². The first-order valence-corrected chi connectivity index (χ1v) is 13.3. The average Bonchev–Trinajstić information content (AvgIpc) is 2.95. The first-order valence-electron chi connectivity index (χ1n) is 13.3. The fourth-order valence-corrected chi connectivity index (χ4v) is 4.55. The Kier molecular flexibility index (Phi) is 9.02. The third kappa shape index (κ3) is 6.34. The van der Waals surface area contributed by atoms with E-state index < -0.39 is 0 Å². The van der Waals surface area contributed by atoms with Crippen LogP contribution in [0.5, 0.6) is 5.75 Å². The summed E-state index contributed by atoms with van der Waals surface area (Å²) >= 11 is 0. The number of rotatable bonds is 8. The van der Waals surface area contributed by atoms with Crippen molar-refractivity contribution in [1.29, 1.82) is 0 Å². The predicted molar refractivity (Wildman–Crippen MR) is 157 cm³/mol. The van der Waals surface area contributed by atoms with Crippen LogP contribution >= 0.6 is 0 Å². The predicted octanol–water partition coefficient (Wildman–Crippen LogP) is 5.44. The topological polar surface area (TPSA) is 60.4 Å². The molecule has 7 nitrogen and oxygen atoms in total. The van der Waals surface area contributed by atoms with Crippen LogP contribution in [0.25, 0.3) is 0 Å². The highest BCUT2D eigenvalue weighted by atomic mass is 16.5. The van der Waals surface area contributed by atoms with E-state index in [9.17, 15) is 4.79 Å². The largest absolute Gasteiger partial charge is 0.496 e. The Morgan fingerprint density at radius 3 is 2.42 bits per heavy atom. The lowest BCUT2D eigenvalue weighted by atomic mass is 10.1. The number of piperazine rings is 1. The van der Waals surface area contributed by atoms with Gasteiger partial charge in [-0.1, -0.05) is 31.2 Å². The second-order valence-electron chi connectivity index (χ2n) is 9.69. The van der Waals surface area contributed by atoms with Crippen LogP contribution in [0.4, 0.5) is 11.4 Å². The number of amides is 1. The number of likely N-dealkylation sites (N-methyl/N-ethyl adjacent to an activating group) is 1. The summed E-state index contributed by atoms with van der Waals surface area (Å²) in [6.45, 7) is 10.7. The zero-order valence-electron chi connectivity index (χ0n) is 23.2. The summed E-state index contributed by atoms with van der Waals surface area (Å²) in [6.07, 6.45) is 6.26. The van der Waals surface area contributed by atoms with E-state index in [1.54, 1.807) is 18.1 Å². The van der Waals surface area contributed by atoms with Gasteiger partial charge < -0.3 is 19.9 Å². The van der Waals surface area contributed by atoms with Crippen LogP contribution in [-0.4, -0.2) is 61.9 Å². The molecule has 2 aromatic carbocycles. The molecule has 0 bridgehead atoms. The van der Waals surface area contributed by atoms with Crippen molar-refractivity contribution in [2.45, 2.75) is 33.7 Å². The van der Waals surface area contributed by atoms with E-state index in [1.165, 1.54) is 5.69 Å². The lowest BCUT2D eigenvalue weighted by Gasteiger charge is -2.34. The number of ether oxygens (including phenoxy) is 1. The summed E-state index contributed by atoms with van der Waals surface area (Å²) in [6, 6.07) is 16.3. The smallest absolute Gasteiger partial charge is 0.252 e. The fourth-order valence-electron chi connectivity index (χ4n) is 4.55. The van der Waals surface area contributed by atoms with Crippen molar-refractivity contribution < 1.29 is 9.53 Å². The number of nitrogens with one attached hydrogen (secondary N) is 1. The summed E-state index contributed by atoms with van der Waals surface area (Å²) in [5.41, 5.74) is 5.12. The van der Waals surface area contributed by atoms with Crippen molar-refractivity contribution in [3.05, 3.63) is 89.3 Å². The molecule has 2 heterocycles. The third-order valence-corrected chi connectivity index (χ3v) is 7.17. The molecule has 0 radical (unpaired) electrons. The molecule has 0 atom stereocenters. The maximum Gasteiger partial charge on any atom is 0.252 e. The van der Waals surface area contributed by atoms with Crippen LogP contribution < -0.4 is 15.0 Å². The number of anilines is 2. The van der Waals surface area contributed by atoms with Gasteiger partial charge in [-0.3, -0.25) is 9.69 Å². The number of nitrogens with zero attached hydrogens (tertiary/aromatic N) is 4. The van der Waals surface area contributed by atoms with Crippen LogP contribution in [0, 0.1) is 0 Å². The number of para-hydroxylation sites is 1. The lowest BCUT2D eigenvalue weighted by Crippen LogP contribution is -2.44. The Morgan fingerprint density at radius 1 is 1.05 bits per heavy atom. The zero-order chi connectivity index (χ0) is 27.1. The summed E-state index contributed by atoms with van der Waals surface area (Å²) in [4.78, 5) is 24.7. The summed E-state index contributed by atoms with van der Waals surface area (Å²) in [5.74, 6) is 2.01. The molecular weight excluding hydrogens is 474 g/mol. The van der Waals surface area contributed by atoms with Gasteiger partial charge in [0, 0.05) is 54.8 Å². The number of hydrogen-bond donors (Lipinski definition) is 1. The molecule has 200 valence electrons. The Morgan fingerprint density at radius 2 is 1.76 bits per heavy atom. The van der Waals surface area contributed by atoms with Crippen molar-refractivity contribution in [2.75, 3.05) is 50.6 Å². The number of carbonyl (C=O) groups excluding carboxylic acids is 1. The highest BCUT2D eigenvalue weighted by Crippen LogP contribution is 2.26. The van der Waals surface area contributed by atoms with Crippen molar-refractivity contribution in [2.24, 2.45) is 4.99 Å². The van der Waals surface area contributed by atoms with Gasteiger partial charge in [0.15, 0.2) is 0 Å². The Balaban J connectivity index is 1.63. The molecule has 0 unspecified atom stereocenters. The molecule has 0 aromatic heterocycles. The third-order valence-electron chi connectivity index (χ3n) is 7.17. The normalized spacial score (nSPS) is 19.2. The molecule has 1 fully saturated rings. The first kappa shape index (κ1) is 27.2. The van der Waals surface area contributed by atoms with Crippen LogP contribution in [0.2, 0.25) is 0 Å². The fraction of sp³-hybridized carbons (Fsp3) is 0.355. The minimum Gasteiger partial charge on any atom is -0.496 e. The quantitative estimate of drug-likeness (QED) is 0.509. The second-order valence-corrected chi connectivity index (χ2v) is 9.69. The van der Waals surface area contributed by atoms with E-state index in [0.717, 1.165) is 66.6 Å². The summed E-state index contributed by atoms with van der Waals surface area (Å²) in [5, 5.41) is 3.53. The molecule has 0 spiro atoms. The minimum atomic E-state index is -0.106. The number of allylic oxidation sites excluding steroid dienone is 2. The SMILES string of the molecule is C/C=C1/C=CC(=O)N(Cc2ccccc2OC)/C1=N/C(Nc1ccc(N2CCN(C)CC2)cc1)=C(\C)CC. The van der Waals surface area contributed by atoms with E-state index in [2.05, 4.69) is 60.3 Å². The number of benzene rings is 2. The minimum absolute atomic E-state index is 0.106. The average molecular weight is 514 g/mol.